The van der Waals surface area contributed by atoms with Gasteiger partial charge in [0.25, 0.3) is 5.91 Å². The van der Waals surface area contributed by atoms with Gasteiger partial charge in [-0.1, -0.05) is 45.0 Å². The van der Waals surface area contributed by atoms with Crippen molar-refractivity contribution in [2.75, 3.05) is 5.32 Å². The van der Waals surface area contributed by atoms with Crippen LogP contribution in [0.1, 0.15) is 55.2 Å². The summed E-state index contributed by atoms with van der Waals surface area (Å²) in [4.78, 5) is 40.7. The number of H-pyrrole nitrogens is 1. The molecule has 0 atom stereocenters. The predicted molar refractivity (Wildman–Crippen MR) is 116 cm³/mol. The molecular weight excluding hydrogens is 378 g/mol. The molecule has 3 aromatic rings. The molecule has 6 nitrogen and oxygen atoms in total. The fraction of sp³-hybridized carbons (Fsp3) is 0.292. The molecule has 4 rings (SSSR count). The summed E-state index contributed by atoms with van der Waals surface area (Å²) in [6.07, 6.45) is 0.573. The smallest absolute Gasteiger partial charge is 0.272 e. The zero-order valence-electron chi connectivity index (χ0n) is 17.4. The summed E-state index contributed by atoms with van der Waals surface area (Å²) >= 11 is 0. The van der Waals surface area contributed by atoms with Crippen LogP contribution in [0.3, 0.4) is 0 Å². The Morgan fingerprint density at radius 1 is 1.00 bits per heavy atom. The van der Waals surface area contributed by atoms with Gasteiger partial charge in [-0.2, -0.15) is 0 Å². The fourth-order valence-electron chi connectivity index (χ4n) is 3.59. The first kappa shape index (κ1) is 19.9. The molecule has 0 bridgehead atoms. The van der Waals surface area contributed by atoms with E-state index in [-0.39, 0.29) is 42.5 Å². The molecule has 0 radical (unpaired) electrons. The standard InChI is InChI=1S/C24H25N3O3/c1-24(2,3)17-7-6-16-12-20(26-19(16)13-17)23(30)25-18-8-4-15(5-9-18)14-27-21(28)10-11-22(27)29/h4-9,12-13,26H,10-11,14H2,1-3H3,(H,25,30). The van der Waals surface area contributed by atoms with Gasteiger partial charge in [0.05, 0.1) is 6.54 Å². The van der Waals surface area contributed by atoms with E-state index in [0.29, 0.717) is 11.4 Å². The van der Waals surface area contributed by atoms with Crippen molar-refractivity contribution < 1.29 is 14.4 Å². The third-order valence-electron chi connectivity index (χ3n) is 5.44. The number of anilines is 1. The van der Waals surface area contributed by atoms with Crippen LogP contribution in [0.15, 0.2) is 48.5 Å². The zero-order valence-corrected chi connectivity index (χ0v) is 17.4. The van der Waals surface area contributed by atoms with Crippen LogP contribution < -0.4 is 5.32 Å². The number of rotatable bonds is 4. The highest BCUT2D eigenvalue weighted by molar-refractivity contribution is 6.06. The highest BCUT2D eigenvalue weighted by Gasteiger charge is 2.28. The minimum Gasteiger partial charge on any atom is -0.351 e. The maximum Gasteiger partial charge on any atom is 0.272 e. The van der Waals surface area contributed by atoms with Gasteiger partial charge in [-0.15, -0.1) is 0 Å². The second-order valence-corrected chi connectivity index (χ2v) is 8.76. The van der Waals surface area contributed by atoms with Crippen molar-refractivity contribution in [1.29, 1.82) is 0 Å². The van der Waals surface area contributed by atoms with Crippen molar-refractivity contribution >= 4 is 34.3 Å². The van der Waals surface area contributed by atoms with Crippen molar-refractivity contribution in [2.24, 2.45) is 0 Å². The molecule has 0 aliphatic carbocycles. The Bertz CT molecular complexity index is 1120. The lowest BCUT2D eigenvalue weighted by molar-refractivity contribution is -0.139. The fourth-order valence-corrected chi connectivity index (χ4v) is 3.59. The van der Waals surface area contributed by atoms with E-state index in [1.165, 1.54) is 10.5 Å². The summed E-state index contributed by atoms with van der Waals surface area (Å²) in [7, 11) is 0. The number of aromatic nitrogens is 1. The van der Waals surface area contributed by atoms with Gasteiger partial charge >= 0.3 is 0 Å². The van der Waals surface area contributed by atoms with E-state index < -0.39 is 0 Å². The number of hydrogen-bond acceptors (Lipinski definition) is 3. The van der Waals surface area contributed by atoms with E-state index in [9.17, 15) is 14.4 Å². The number of fused-ring (bicyclic) bond motifs is 1. The van der Waals surface area contributed by atoms with Crippen LogP contribution in [0, 0.1) is 0 Å². The van der Waals surface area contributed by atoms with Crippen molar-refractivity contribution in [3.63, 3.8) is 0 Å². The van der Waals surface area contributed by atoms with Gasteiger partial charge in [0.1, 0.15) is 5.69 Å². The van der Waals surface area contributed by atoms with E-state index in [1.807, 2.05) is 24.3 Å². The first-order valence-corrected chi connectivity index (χ1v) is 10.1. The molecule has 6 heteroatoms. The van der Waals surface area contributed by atoms with Crippen LogP contribution in [-0.4, -0.2) is 27.6 Å². The maximum atomic E-state index is 12.7. The Labute approximate surface area is 175 Å². The number of nitrogens with one attached hydrogen (secondary N) is 2. The van der Waals surface area contributed by atoms with Crippen LogP contribution in [0.4, 0.5) is 5.69 Å². The average Bonchev–Trinajstić information content (AvgIpc) is 3.26. The monoisotopic (exact) mass is 403 g/mol. The van der Waals surface area contributed by atoms with Gasteiger partial charge in [0.2, 0.25) is 11.8 Å². The second kappa shape index (κ2) is 7.44. The van der Waals surface area contributed by atoms with Crippen LogP contribution in [0.5, 0.6) is 0 Å². The first-order valence-electron chi connectivity index (χ1n) is 10.1. The maximum absolute atomic E-state index is 12.7. The van der Waals surface area contributed by atoms with Crippen LogP contribution in [-0.2, 0) is 21.5 Å². The minimum atomic E-state index is -0.221. The summed E-state index contributed by atoms with van der Waals surface area (Å²) in [5.41, 5.74) is 4.16. The number of amides is 3. The molecule has 30 heavy (non-hydrogen) atoms. The van der Waals surface area contributed by atoms with E-state index in [4.69, 9.17) is 0 Å². The molecule has 0 spiro atoms. The molecule has 1 saturated heterocycles. The first-order chi connectivity index (χ1) is 14.2. The number of likely N-dealkylation sites (tertiary alicyclic amines) is 1. The summed E-state index contributed by atoms with van der Waals surface area (Å²) in [6.45, 7) is 6.74. The number of imide groups is 1. The van der Waals surface area contributed by atoms with Gasteiger partial charge in [0, 0.05) is 29.4 Å². The van der Waals surface area contributed by atoms with Crippen LogP contribution in [0.2, 0.25) is 0 Å². The van der Waals surface area contributed by atoms with Crippen LogP contribution >= 0.6 is 0 Å². The molecule has 3 amide bonds. The Kier molecular flexibility index (Phi) is 4.94. The third-order valence-corrected chi connectivity index (χ3v) is 5.44. The number of carbonyl (C=O) groups excluding carboxylic acids is 3. The Hall–Kier alpha value is -3.41. The molecule has 1 aliphatic heterocycles. The number of hydrogen-bond donors (Lipinski definition) is 2. The lowest BCUT2D eigenvalue weighted by Crippen LogP contribution is -2.28. The minimum absolute atomic E-state index is 0.0355. The SMILES string of the molecule is CC(C)(C)c1ccc2cc(C(=O)Nc3ccc(CN4C(=O)CCC4=O)cc3)[nH]c2c1. The van der Waals surface area contributed by atoms with E-state index >= 15 is 0 Å². The molecule has 0 unspecified atom stereocenters. The van der Waals surface area contributed by atoms with Crippen LogP contribution in [0.25, 0.3) is 10.9 Å². The largest absolute Gasteiger partial charge is 0.351 e. The average molecular weight is 403 g/mol. The lowest BCUT2D eigenvalue weighted by Gasteiger charge is -2.18. The molecule has 2 heterocycles. The third kappa shape index (κ3) is 3.99. The van der Waals surface area contributed by atoms with E-state index in [0.717, 1.165) is 16.5 Å². The van der Waals surface area contributed by atoms with Gasteiger partial charge in [0.15, 0.2) is 0 Å². The van der Waals surface area contributed by atoms with E-state index in [1.54, 1.807) is 12.1 Å². The summed E-state index contributed by atoms with van der Waals surface area (Å²) in [5.74, 6) is -0.488. The number of carbonyl (C=O) groups is 3. The highest BCUT2D eigenvalue weighted by atomic mass is 16.2. The van der Waals surface area contributed by atoms with Crippen molar-refractivity contribution in [2.45, 2.75) is 45.6 Å². The van der Waals surface area contributed by atoms with Gasteiger partial charge in [-0.05, 0) is 40.8 Å². The number of aromatic amines is 1. The summed E-state index contributed by atoms with van der Waals surface area (Å²) < 4.78 is 0. The molecule has 1 aromatic heterocycles. The Balaban J connectivity index is 1.46. The topological polar surface area (TPSA) is 82.3 Å². The van der Waals surface area contributed by atoms with Gasteiger partial charge in [-0.3, -0.25) is 19.3 Å². The Morgan fingerprint density at radius 2 is 1.67 bits per heavy atom. The molecule has 2 aromatic carbocycles. The second-order valence-electron chi connectivity index (χ2n) is 8.76. The number of nitrogens with zero attached hydrogens (tertiary/aromatic N) is 1. The molecule has 154 valence electrons. The lowest BCUT2D eigenvalue weighted by atomic mass is 9.87. The molecule has 1 fully saturated rings. The summed E-state index contributed by atoms with van der Waals surface area (Å²) in [5, 5.41) is 3.87. The van der Waals surface area contributed by atoms with Crippen molar-refractivity contribution in [3.05, 3.63) is 65.4 Å². The van der Waals surface area contributed by atoms with Crippen molar-refractivity contribution in [3.8, 4) is 0 Å². The van der Waals surface area contributed by atoms with E-state index in [2.05, 4.69) is 43.2 Å². The molecular formula is C24H25N3O3. The molecule has 2 N–H and O–H groups in total. The summed E-state index contributed by atoms with van der Waals surface area (Å²) in [6, 6.07) is 15.2. The Morgan fingerprint density at radius 3 is 2.30 bits per heavy atom. The quantitative estimate of drug-likeness (QED) is 0.635. The van der Waals surface area contributed by atoms with Gasteiger partial charge in [-0.25, -0.2) is 0 Å². The predicted octanol–water partition coefficient (Wildman–Crippen LogP) is 4.37. The van der Waals surface area contributed by atoms with Crippen molar-refractivity contribution in [1.82, 2.24) is 9.88 Å². The number of benzene rings is 2. The molecule has 1 aliphatic rings. The van der Waals surface area contributed by atoms with Gasteiger partial charge < -0.3 is 10.3 Å². The molecule has 0 saturated carbocycles. The highest BCUT2D eigenvalue weighted by Crippen LogP contribution is 2.26. The zero-order chi connectivity index (χ0) is 21.5. The normalized spacial score (nSPS) is 14.6.